The molecular weight excluding hydrogens is 401 g/mol. The van der Waals surface area contributed by atoms with Gasteiger partial charge in [0.2, 0.25) is 0 Å². The number of rotatable bonds is 2. The SMILES string of the molecule is CNC1CC(c2ccc(F)cc2Br)Oc2ccc(Br)cc21. The number of nitrogens with one attached hydrogen (secondary N) is 1. The normalized spacial score (nSPS) is 20.8. The summed E-state index contributed by atoms with van der Waals surface area (Å²) < 4.78 is 21.1. The lowest BCUT2D eigenvalue weighted by molar-refractivity contribution is 0.153. The van der Waals surface area contributed by atoms with Crippen LogP contribution >= 0.6 is 31.9 Å². The second kappa shape index (κ2) is 6.07. The molecule has 1 aliphatic heterocycles. The van der Waals surface area contributed by atoms with E-state index in [0.29, 0.717) is 0 Å². The second-order valence-electron chi connectivity index (χ2n) is 5.03. The summed E-state index contributed by atoms with van der Waals surface area (Å²) in [5.41, 5.74) is 2.10. The first kappa shape index (κ1) is 15.0. The molecule has 0 fully saturated rings. The lowest BCUT2D eigenvalue weighted by Crippen LogP contribution is -2.27. The minimum Gasteiger partial charge on any atom is -0.485 e. The van der Waals surface area contributed by atoms with Gasteiger partial charge in [-0.25, -0.2) is 4.39 Å². The lowest BCUT2D eigenvalue weighted by Gasteiger charge is -2.33. The van der Waals surface area contributed by atoms with Crippen LogP contribution in [0.15, 0.2) is 45.3 Å². The highest BCUT2D eigenvalue weighted by Crippen LogP contribution is 2.43. The first-order valence-corrected chi connectivity index (χ1v) is 8.25. The summed E-state index contributed by atoms with van der Waals surface area (Å²) in [4.78, 5) is 0. The number of benzene rings is 2. The molecule has 2 unspecified atom stereocenters. The van der Waals surface area contributed by atoms with Crippen molar-refractivity contribution in [3.63, 3.8) is 0 Å². The maximum atomic E-state index is 13.3. The van der Waals surface area contributed by atoms with Crippen LogP contribution in [0.25, 0.3) is 0 Å². The van der Waals surface area contributed by atoms with Gasteiger partial charge in [0.15, 0.2) is 0 Å². The summed E-state index contributed by atoms with van der Waals surface area (Å²) in [5.74, 6) is 0.612. The third kappa shape index (κ3) is 3.00. The average molecular weight is 415 g/mol. The molecule has 0 saturated heterocycles. The Labute approximate surface area is 140 Å². The predicted molar refractivity (Wildman–Crippen MR) is 88.0 cm³/mol. The van der Waals surface area contributed by atoms with Crippen molar-refractivity contribution in [2.24, 2.45) is 0 Å². The molecule has 0 radical (unpaired) electrons. The molecule has 0 bridgehead atoms. The molecule has 5 heteroatoms. The third-order valence-electron chi connectivity index (χ3n) is 3.72. The van der Waals surface area contributed by atoms with E-state index in [1.165, 1.54) is 12.1 Å². The van der Waals surface area contributed by atoms with Gasteiger partial charge in [-0.15, -0.1) is 0 Å². The van der Waals surface area contributed by atoms with Crippen LogP contribution in [0.5, 0.6) is 5.75 Å². The summed E-state index contributed by atoms with van der Waals surface area (Å²) in [6, 6.07) is 10.9. The van der Waals surface area contributed by atoms with Gasteiger partial charge in [0, 0.05) is 32.5 Å². The highest BCUT2D eigenvalue weighted by molar-refractivity contribution is 9.10. The summed E-state index contributed by atoms with van der Waals surface area (Å²) in [6.07, 6.45) is 0.690. The van der Waals surface area contributed by atoms with Crippen LogP contribution in [0.1, 0.15) is 29.7 Å². The molecule has 0 spiro atoms. The zero-order chi connectivity index (χ0) is 15.0. The Morgan fingerprint density at radius 3 is 2.67 bits per heavy atom. The zero-order valence-corrected chi connectivity index (χ0v) is 14.5. The van der Waals surface area contributed by atoms with Crippen LogP contribution in [-0.2, 0) is 0 Å². The van der Waals surface area contributed by atoms with Gasteiger partial charge in [0.25, 0.3) is 0 Å². The van der Waals surface area contributed by atoms with Gasteiger partial charge in [-0.05, 0) is 37.4 Å². The smallest absolute Gasteiger partial charge is 0.127 e. The summed E-state index contributed by atoms with van der Waals surface area (Å²) in [6.45, 7) is 0. The van der Waals surface area contributed by atoms with Crippen molar-refractivity contribution in [1.82, 2.24) is 5.32 Å². The van der Waals surface area contributed by atoms with Crippen molar-refractivity contribution in [3.8, 4) is 5.75 Å². The van der Waals surface area contributed by atoms with Crippen LogP contribution in [0.2, 0.25) is 0 Å². The Kier molecular flexibility index (Phi) is 4.33. The molecule has 110 valence electrons. The van der Waals surface area contributed by atoms with Crippen LogP contribution in [0.4, 0.5) is 4.39 Å². The number of fused-ring (bicyclic) bond motifs is 1. The molecule has 2 aromatic rings. The Bertz CT molecular complexity index is 677. The van der Waals surface area contributed by atoms with Crippen molar-refractivity contribution in [2.45, 2.75) is 18.6 Å². The van der Waals surface area contributed by atoms with Gasteiger partial charge < -0.3 is 10.1 Å². The average Bonchev–Trinajstić information content (AvgIpc) is 2.46. The van der Waals surface area contributed by atoms with Crippen LogP contribution < -0.4 is 10.1 Å². The Hall–Kier alpha value is -0.910. The van der Waals surface area contributed by atoms with E-state index >= 15 is 0 Å². The fourth-order valence-electron chi connectivity index (χ4n) is 2.67. The Balaban J connectivity index is 1.98. The first-order valence-electron chi connectivity index (χ1n) is 6.67. The van der Waals surface area contributed by atoms with Crippen LogP contribution in [0, 0.1) is 5.82 Å². The number of hydrogen-bond donors (Lipinski definition) is 1. The minimum atomic E-state index is -0.254. The van der Waals surface area contributed by atoms with Gasteiger partial charge in [-0.3, -0.25) is 0 Å². The molecule has 0 aliphatic carbocycles. The molecule has 1 heterocycles. The quantitative estimate of drug-likeness (QED) is 0.734. The van der Waals surface area contributed by atoms with Gasteiger partial charge in [-0.2, -0.15) is 0 Å². The molecule has 0 aromatic heterocycles. The minimum absolute atomic E-state index is 0.105. The van der Waals surface area contributed by atoms with Crippen LogP contribution in [0.3, 0.4) is 0 Å². The highest BCUT2D eigenvalue weighted by Gasteiger charge is 2.29. The molecule has 2 nitrogen and oxygen atoms in total. The van der Waals surface area contributed by atoms with Crippen molar-refractivity contribution in [1.29, 1.82) is 0 Å². The largest absolute Gasteiger partial charge is 0.485 e. The zero-order valence-electron chi connectivity index (χ0n) is 11.4. The van der Waals surface area contributed by atoms with Gasteiger partial charge >= 0.3 is 0 Å². The van der Waals surface area contributed by atoms with E-state index < -0.39 is 0 Å². The van der Waals surface area contributed by atoms with Crippen molar-refractivity contribution in [2.75, 3.05) is 7.05 Å². The molecule has 3 rings (SSSR count). The fraction of sp³-hybridized carbons (Fsp3) is 0.250. The van der Waals surface area contributed by atoms with E-state index in [4.69, 9.17) is 4.74 Å². The number of halogens is 3. The van der Waals surface area contributed by atoms with Gasteiger partial charge in [0.05, 0.1) is 0 Å². The molecule has 0 saturated carbocycles. The topological polar surface area (TPSA) is 21.3 Å². The van der Waals surface area contributed by atoms with E-state index in [2.05, 4.69) is 43.2 Å². The van der Waals surface area contributed by atoms with E-state index in [1.807, 2.05) is 19.2 Å². The van der Waals surface area contributed by atoms with Gasteiger partial charge in [0.1, 0.15) is 17.7 Å². The monoisotopic (exact) mass is 413 g/mol. The highest BCUT2D eigenvalue weighted by atomic mass is 79.9. The second-order valence-corrected chi connectivity index (χ2v) is 6.80. The Morgan fingerprint density at radius 1 is 1.14 bits per heavy atom. The van der Waals surface area contributed by atoms with Crippen LogP contribution in [-0.4, -0.2) is 7.05 Å². The maximum absolute atomic E-state index is 13.3. The summed E-state index contributed by atoms with van der Waals surface area (Å²) in [5, 5.41) is 3.33. The van der Waals surface area contributed by atoms with Crippen molar-refractivity contribution >= 4 is 31.9 Å². The molecule has 2 aromatic carbocycles. The molecule has 0 amide bonds. The fourth-order valence-corrected chi connectivity index (χ4v) is 3.65. The lowest BCUT2D eigenvalue weighted by atomic mass is 9.93. The summed E-state index contributed by atoms with van der Waals surface area (Å²) >= 11 is 6.92. The first-order chi connectivity index (χ1) is 10.1. The molecule has 21 heavy (non-hydrogen) atoms. The van der Waals surface area contributed by atoms with E-state index in [-0.39, 0.29) is 18.0 Å². The van der Waals surface area contributed by atoms with Crippen molar-refractivity contribution < 1.29 is 9.13 Å². The number of ether oxygens (including phenoxy) is 1. The van der Waals surface area contributed by atoms with Crippen molar-refractivity contribution in [3.05, 3.63) is 62.3 Å². The molecule has 1 aliphatic rings. The molecule has 2 atom stereocenters. The Morgan fingerprint density at radius 2 is 1.95 bits per heavy atom. The van der Waals surface area contributed by atoms with E-state index in [0.717, 1.165) is 32.2 Å². The summed E-state index contributed by atoms with van der Waals surface area (Å²) in [7, 11) is 1.94. The molecule has 1 N–H and O–H groups in total. The maximum Gasteiger partial charge on any atom is 0.127 e. The van der Waals surface area contributed by atoms with E-state index in [1.54, 1.807) is 6.07 Å². The van der Waals surface area contributed by atoms with E-state index in [9.17, 15) is 4.39 Å². The van der Waals surface area contributed by atoms with Gasteiger partial charge in [-0.1, -0.05) is 37.9 Å². The molecular formula is C16H14Br2FNO. The third-order valence-corrected chi connectivity index (χ3v) is 4.90. The predicted octanol–water partition coefficient (Wildman–Crippen LogP) is 5.14. The standard InChI is InChI=1S/C16H14Br2FNO/c1-20-14-8-16(11-4-3-10(19)7-13(11)18)21-15-5-2-9(17)6-12(14)15/h2-7,14,16,20H,8H2,1H3. The number of hydrogen-bond acceptors (Lipinski definition) is 2.